The summed E-state index contributed by atoms with van der Waals surface area (Å²) in [5, 5.41) is 11.3. The molecule has 108 valence electrons. The van der Waals surface area contributed by atoms with E-state index in [0.717, 1.165) is 25.7 Å². The van der Waals surface area contributed by atoms with E-state index in [9.17, 15) is 14.4 Å². The lowest BCUT2D eigenvalue weighted by Crippen LogP contribution is -2.43. The summed E-state index contributed by atoms with van der Waals surface area (Å²) in [5.41, 5.74) is 4.96. The van der Waals surface area contributed by atoms with Crippen LogP contribution in [-0.4, -0.2) is 28.9 Å². The molecule has 6 heteroatoms. The number of primary amides is 1. The highest BCUT2D eigenvalue weighted by molar-refractivity contribution is 5.88. The molecule has 0 radical (unpaired) electrons. The van der Waals surface area contributed by atoms with Gasteiger partial charge in [0.1, 0.15) is 6.04 Å². The van der Waals surface area contributed by atoms with Gasteiger partial charge in [0.05, 0.1) is 6.42 Å². The molecule has 0 aliphatic heterocycles. The average molecular weight is 270 g/mol. The van der Waals surface area contributed by atoms with Gasteiger partial charge in [0.15, 0.2) is 0 Å². The first-order chi connectivity index (χ1) is 8.99. The SMILES string of the molecule is NC(=O)CC(NC(=O)CC1CCCCCC1)C(=O)O. The third-order valence-corrected chi connectivity index (χ3v) is 3.49. The van der Waals surface area contributed by atoms with E-state index < -0.39 is 17.9 Å². The zero-order chi connectivity index (χ0) is 14.3. The quantitative estimate of drug-likeness (QED) is 0.620. The minimum Gasteiger partial charge on any atom is -0.480 e. The lowest BCUT2D eigenvalue weighted by Gasteiger charge is -2.16. The molecule has 0 aromatic heterocycles. The number of carboxylic acids is 1. The minimum atomic E-state index is -1.23. The second-order valence-electron chi connectivity index (χ2n) is 5.19. The van der Waals surface area contributed by atoms with Gasteiger partial charge in [-0.2, -0.15) is 0 Å². The van der Waals surface area contributed by atoms with Crippen LogP contribution >= 0.6 is 0 Å². The van der Waals surface area contributed by atoms with E-state index in [4.69, 9.17) is 10.8 Å². The Kier molecular flexibility index (Phi) is 6.32. The number of rotatable bonds is 6. The first-order valence-electron chi connectivity index (χ1n) is 6.79. The van der Waals surface area contributed by atoms with Crippen molar-refractivity contribution in [3.05, 3.63) is 0 Å². The Labute approximate surface area is 112 Å². The maximum atomic E-state index is 11.8. The Morgan fingerprint density at radius 2 is 1.74 bits per heavy atom. The smallest absolute Gasteiger partial charge is 0.326 e. The standard InChI is InChI=1S/C13H22N2O4/c14-11(16)8-10(13(18)19)15-12(17)7-9-5-3-1-2-4-6-9/h9-10H,1-8H2,(H2,14,16)(H,15,17)(H,18,19). The van der Waals surface area contributed by atoms with Crippen LogP contribution in [0.1, 0.15) is 51.4 Å². The normalized spacial score (nSPS) is 18.3. The van der Waals surface area contributed by atoms with Crippen LogP contribution in [0.2, 0.25) is 0 Å². The largest absolute Gasteiger partial charge is 0.480 e. The van der Waals surface area contributed by atoms with E-state index >= 15 is 0 Å². The van der Waals surface area contributed by atoms with Crippen molar-refractivity contribution in [3.63, 3.8) is 0 Å². The summed E-state index contributed by atoms with van der Waals surface area (Å²) in [5.74, 6) is -1.94. The minimum absolute atomic E-state index is 0.305. The number of carboxylic acid groups (broad SMARTS) is 1. The summed E-state index contributed by atoms with van der Waals surface area (Å²) in [7, 11) is 0. The zero-order valence-corrected chi connectivity index (χ0v) is 11.1. The van der Waals surface area contributed by atoms with Crippen LogP contribution in [0.5, 0.6) is 0 Å². The van der Waals surface area contributed by atoms with Crippen molar-refractivity contribution in [3.8, 4) is 0 Å². The molecule has 19 heavy (non-hydrogen) atoms. The second-order valence-corrected chi connectivity index (χ2v) is 5.19. The summed E-state index contributed by atoms with van der Waals surface area (Å²) in [6.45, 7) is 0. The van der Waals surface area contributed by atoms with E-state index in [1.165, 1.54) is 12.8 Å². The van der Waals surface area contributed by atoms with Crippen LogP contribution in [0.3, 0.4) is 0 Å². The number of hydrogen-bond donors (Lipinski definition) is 3. The average Bonchev–Trinajstić information content (AvgIpc) is 2.56. The molecule has 0 bridgehead atoms. The molecule has 1 saturated carbocycles. The highest BCUT2D eigenvalue weighted by Gasteiger charge is 2.23. The highest BCUT2D eigenvalue weighted by Crippen LogP contribution is 2.25. The molecule has 1 fully saturated rings. The van der Waals surface area contributed by atoms with E-state index in [0.29, 0.717) is 12.3 Å². The van der Waals surface area contributed by atoms with Crippen LogP contribution in [-0.2, 0) is 14.4 Å². The first kappa shape index (κ1) is 15.5. The number of carbonyl (C=O) groups excluding carboxylic acids is 2. The molecule has 0 heterocycles. The Balaban J connectivity index is 2.42. The Morgan fingerprint density at radius 1 is 1.16 bits per heavy atom. The first-order valence-corrected chi connectivity index (χ1v) is 6.79. The number of hydrogen-bond acceptors (Lipinski definition) is 3. The molecular weight excluding hydrogens is 248 g/mol. The van der Waals surface area contributed by atoms with Gasteiger partial charge in [-0.1, -0.05) is 25.7 Å². The number of nitrogens with two attached hydrogens (primary N) is 1. The molecule has 1 unspecified atom stereocenters. The molecule has 1 atom stereocenters. The zero-order valence-electron chi connectivity index (χ0n) is 11.1. The van der Waals surface area contributed by atoms with Crippen molar-refractivity contribution in [1.29, 1.82) is 0 Å². The van der Waals surface area contributed by atoms with Crippen molar-refractivity contribution in [1.82, 2.24) is 5.32 Å². The fraction of sp³-hybridized carbons (Fsp3) is 0.769. The Bertz CT molecular complexity index is 336. The third-order valence-electron chi connectivity index (χ3n) is 3.49. The monoisotopic (exact) mass is 270 g/mol. The molecule has 1 rings (SSSR count). The van der Waals surface area contributed by atoms with E-state index in [1.807, 2.05) is 0 Å². The second kappa shape index (κ2) is 7.76. The van der Waals surface area contributed by atoms with E-state index in [2.05, 4.69) is 5.32 Å². The summed E-state index contributed by atoms with van der Waals surface area (Å²) >= 11 is 0. The van der Waals surface area contributed by atoms with E-state index in [1.54, 1.807) is 0 Å². The van der Waals surface area contributed by atoms with Gasteiger partial charge in [0.25, 0.3) is 0 Å². The highest BCUT2D eigenvalue weighted by atomic mass is 16.4. The summed E-state index contributed by atoms with van der Waals surface area (Å²) < 4.78 is 0. The van der Waals surface area contributed by atoms with Crippen molar-refractivity contribution >= 4 is 17.8 Å². The topological polar surface area (TPSA) is 109 Å². The molecule has 0 saturated heterocycles. The maximum Gasteiger partial charge on any atom is 0.326 e. The van der Waals surface area contributed by atoms with Gasteiger partial charge >= 0.3 is 5.97 Å². The van der Waals surface area contributed by atoms with Gasteiger partial charge < -0.3 is 16.2 Å². The number of amides is 2. The summed E-state index contributed by atoms with van der Waals surface area (Å²) in [6, 6.07) is -1.21. The number of carbonyl (C=O) groups is 3. The molecule has 6 nitrogen and oxygen atoms in total. The summed E-state index contributed by atoms with van der Waals surface area (Å²) in [6.07, 6.45) is 6.66. The Hall–Kier alpha value is -1.59. The van der Waals surface area contributed by atoms with Gasteiger partial charge in [0.2, 0.25) is 11.8 Å². The molecule has 0 aromatic rings. The molecule has 0 spiro atoms. The fourth-order valence-electron chi connectivity index (χ4n) is 2.48. The van der Waals surface area contributed by atoms with Gasteiger partial charge in [-0.3, -0.25) is 9.59 Å². The van der Waals surface area contributed by atoms with Crippen molar-refractivity contribution in [2.75, 3.05) is 0 Å². The van der Waals surface area contributed by atoms with Crippen LogP contribution in [0.15, 0.2) is 0 Å². The third kappa shape index (κ3) is 6.22. The van der Waals surface area contributed by atoms with Crippen LogP contribution in [0.4, 0.5) is 0 Å². The predicted molar refractivity (Wildman–Crippen MR) is 69.2 cm³/mol. The summed E-state index contributed by atoms with van der Waals surface area (Å²) in [4.78, 5) is 33.4. The van der Waals surface area contributed by atoms with Crippen molar-refractivity contribution in [2.24, 2.45) is 11.7 Å². The molecule has 0 aromatic carbocycles. The van der Waals surface area contributed by atoms with Crippen LogP contribution in [0, 0.1) is 5.92 Å². The van der Waals surface area contributed by atoms with Crippen LogP contribution < -0.4 is 11.1 Å². The van der Waals surface area contributed by atoms with Gasteiger partial charge in [-0.15, -0.1) is 0 Å². The molecule has 1 aliphatic rings. The van der Waals surface area contributed by atoms with Gasteiger partial charge in [0, 0.05) is 6.42 Å². The van der Waals surface area contributed by atoms with E-state index in [-0.39, 0.29) is 12.3 Å². The fourth-order valence-corrected chi connectivity index (χ4v) is 2.48. The molecule has 4 N–H and O–H groups in total. The predicted octanol–water partition coefficient (Wildman–Crippen LogP) is 0.792. The lowest BCUT2D eigenvalue weighted by molar-refractivity contribution is -0.143. The van der Waals surface area contributed by atoms with Gasteiger partial charge in [-0.05, 0) is 18.8 Å². The van der Waals surface area contributed by atoms with Gasteiger partial charge in [-0.25, -0.2) is 4.79 Å². The maximum absolute atomic E-state index is 11.8. The molecule has 1 aliphatic carbocycles. The molecular formula is C13H22N2O4. The Morgan fingerprint density at radius 3 is 2.21 bits per heavy atom. The van der Waals surface area contributed by atoms with Crippen molar-refractivity contribution in [2.45, 2.75) is 57.4 Å². The molecule has 2 amide bonds. The number of aliphatic carboxylic acids is 1. The lowest BCUT2D eigenvalue weighted by atomic mass is 9.96. The number of nitrogens with one attached hydrogen (secondary N) is 1. The van der Waals surface area contributed by atoms with Crippen LogP contribution in [0.25, 0.3) is 0 Å². The van der Waals surface area contributed by atoms with Crippen molar-refractivity contribution < 1.29 is 19.5 Å².